The number of anilines is 2. The molecule has 0 saturated carbocycles. The maximum atomic E-state index is 13.1. The lowest BCUT2D eigenvalue weighted by Gasteiger charge is -2.20. The number of carbonyl (C=O) groups excluding carboxylic acids is 2. The summed E-state index contributed by atoms with van der Waals surface area (Å²) in [5.74, 6) is -1.40. The zero-order chi connectivity index (χ0) is 24.2. The highest BCUT2D eigenvalue weighted by molar-refractivity contribution is 7.92. The Morgan fingerprint density at radius 1 is 1.00 bits per heavy atom. The van der Waals surface area contributed by atoms with Gasteiger partial charge >= 0.3 is 5.97 Å². The molecule has 0 saturated heterocycles. The number of nitrogens with zero attached hydrogens (tertiary/aromatic N) is 1. The van der Waals surface area contributed by atoms with Crippen LogP contribution in [0.5, 0.6) is 0 Å². The van der Waals surface area contributed by atoms with Gasteiger partial charge in [0, 0.05) is 7.05 Å². The van der Waals surface area contributed by atoms with Crippen molar-refractivity contribution in [1.82, 2.24) is 0 Å². The van der Waals surface area contributed by atoms with Gasteiger partial charge in [0.1, 0.15) is 0 Å². The molecule has 0 radical (unpaired) electrons. The van der Waals surface area contributed by atoms with Gasteiger partial charge in [0.15, 0.2) is 6.10 Å². The fourth-order valence-corrected chi connectivity index (χ4v) is 4.34. The van der Waals surface area contributed by atoms with Crippen molar-refractivity contribution < 1.29 is 22.7 Å². The highest BCUT2D eigenvalue weighted by atomic mass is 35.5. The van der Waals surface area contributed by atoms with Crippen molar-refractivity contribution in [2.45, 2.75) is 24.8 Å². The highest BCUT2D eigenvalue weighted by Crippen LogP contribution is 2.24. The minimum absolute atomic E-state index is 0.00535. The lowest BCUT2D eigenvalue weighted by Crippen LogP contribution is -2.30. The van der Waals surface area contributed by atoms with Crippen molar-refractivity contribution in [3.05, 3.63) is 88.9 Å². The van der Waals surface area contributed by atoms with Gasteiger partial charge in [-0.15, -0.1) is 0 Å². The van der Waals surface area contributed by atoms with Crippen LogP contribution in [0.3, 0.4) is 0 Å². The molecular weight excluding hydrogens is 464 g/mol. The molecule has 3 aromatic rings. The van der Waals surface area contributed by atoms with Crippen LogP contribution in [0.2, 0.25) is 5.02 Å². The Kier molecular flexibility index (Phi) is 7.40. The second-order valence-corrected chi connectivity index (χ2v) is 9.73. The monoisotopic (exact) mass is 486 g/mol. The molecule has 0 spiro atoms. The van der Waals surface area contributed by atoms with Crippen LogP contribution in [0.4, 0.5) is 11.4 Å². The molecule has 0 fully saturated rings. The van der Waals surface area contributed by atoms with Gasteiger partial charge in [0.2, 0.25) is 0 Å². The maximum Gasteiger partial charge on any atom is 0.338 e. The molecule has 7 nitrogen and oxygen atoms in total. The van der Waals surface area contributed by atoms with E-state index in [0.717, 1.165) is 9.87 Å². The third-order valence-electron chi connectivity index (χ3n) is 4.91. The number of amides is 1. The number of benzene rings is 3. The molecule has 9 heteroatoms. The number of esters is 1. The molecule has 1 amide bonds. The molecule has 0 aromatic heterocycles. The summed E-state index contributed by atoms with van der Waals surface area (Å²) in [5.41, 5.74) is 1.88. The number of hydrogen-bond acceptors (Lipinski definition) is 5. The van der Waals surface area contributed by atoms with Gasteiger partial charge in [-0.3, -0.25) is 9.10 Å². The van der Waals surface area contributed by atoms with Crippen molar-refractivity contribution in [2.75, 3.05) is 16.7 Å². The SMILES string of the molecule is Cc1ccc(N(C)S(=O)(=O)c2cccc(C(=O)OC(C)C(=O)Nc3ccccc3Cl)c2)cc1. The number of para-hydroxylation sites is 1. The smallest absolute Gasteiger partial charge is 0.338 e. The van der Waals surface area contributed by atoms with Crippen molar-refractivity contribution in [2.24, 2.45) is 0 Å². The van der Waals surface area contributed by atoms with Crippen LogP contribution in [0, 0.1) is 6.92 Å². The van der Waals surface area contributed by atoms with E-state index >= 15 is 0 Å². The molecule has 0 heterocycles. The third kappa shape index (κ3) is 5.71. The minimum atomic E-state index is -3.92. The van der Waals surface area contributed by atoms with Gasteiger partial charge in [0.25, 0.3) is 15.9 Å². The van der Waals surface area contributed by atoms with E-state index in [2.05, 4.69) is 5.32 Å². The summed E-state index contributed by atoms with van der Waals surface area (Å²) in [4.78, 5) is 24.9. The lowest BCUT2D eigenvalue weighted by atomic mass is 10.2. The Bertz CT molecular complexity index is 1280. The summed E-state index contributed by atoms with van der Waals surface area (Å²) < 4.78 is 32.5. The Hall–Kier alpha value is -3.36. The molecular formula is C24H23ClN2O5S. The number of halogens is 1. The molecule has 0 aliphatic carbocycles. The third-order valence-corrected chi connectivity index (χ3v) is 7.02. The molecule has 0 aliphatic heterocycles. The van der Waals surface area contributed by atoms with Crippen LogP contribution in [0.1, 0.15) is 22.8 Å². The molecule has 0 aliphatic rings. The van der Waals surface area contributed by atoms with Gasteiger partial charge in [-0.2, -0.15) is 0 Å². The van der Waals surface area contributed by atoms with Gasteiger partial charge in [-0.1, -0.05) is 47.5 Å². The number of rotatable bonds is 7. The zero-order valence-corrected chi connectivity index (χ0v) is 19.9. The number of aryl methyl sites for hydroxylation is 1. The predicted molar refractivity (Wildman–Crippen MR) is 128 cm³/mol. The van der Waals surface area contributed by atoms with Gasteiger partial charge in [-0.05, 0) is 56.3 Å². The van der Waals surface area contributed by atoms with Crippen LogP contribution < -0.4 is 9.62 Å². The molecule has 3 rings (SSSR count). The van der Waals surface area contributed by atoms with E-state index in [9.17, 15) is 18.0 Å². The molecule has 1 N–H and O–H groups in total. The van der Waals surface area contributed by atoms with Crippen LogP contribution in [-0.2, 0) is 19.6 Å². The largest absolute Gasteiger partial charge is 0.449 e. The molecule has 33 heavy (non-hydrogen) atoms. The predicted octanol–water partition coefficient (Wildman–Crippen LogP) is 4.66. The van der Waals surface area contributed by atoms with Crippen LogP contribution in [0.25, 0.3) is 0 Å². The number of sulfonamides is 1. The maximum absolute atomic E-state index is 13.1. The summed E-state index contributed by atoms with van der Waals surface area (Å²) in [7, 11) is -2.48. The summed E-state index contributed by atoms with van der Waals surface area (Å²) in [6, 6.07) is 19.2. The molecule has 1 atom stereocenters. The summed E-state index contributed by atoms with van der Waals surface area (Å²) in [5, 5.41) is 2.94. The van der Waals surface area contributed by atoms with E-state index in [4.69, 9.17) is 16.3 Å². The second-order valence-electron chi connectivity index (χ2n) is 7.35. The summed E-state index contributed by atoms with van der Waals surface area (Å²) in [6.07, 6.45) is -1.13. The number of ether oxygens (including phenoxy) is 1. The average molecular weight is 487 g/mol. The first kappa shape index (κ1) is 24.3. The van der Waals surface area contributed by atoms with E-state index in [0.29, 0.717) is 16.4 Å². The topological polar surface area (TPSA) is 92.8 Å². The van der Waals surface area contributed by atoms with Crippen LogP contribution >= 0.6 is 11.6 Å². The van der Waals surface area contributed by atoms with Crippen molar-refractivity contribution in [3.63, 3.8) is 0 Å². The standard InChI is InChI=1S/C24H23ClN2O5S/c1-16-11-13-19(14-12-16)27(3)33(30,31)20-8-6-7-18(15-20)24(29)32-17(2)23(28)26-22-10-5-4-9-21(22)25/h4-15,17H,1-3H3,(H,26,28). The minimum Gasteiger partial charge on any atom is -0.449 e. The Labute approximate surface area is 198 Å². The molecule has 1 unspecified atom stereocenters. The second kappa shape index (κ2) is 10.1. The molecule has 0 bridgehead atoms. The molecule has 3 aromatic carbocycles. The number of hydrogen-bond donors (Lipinski definition) is 1. The fourth-order valence-electron chi connectivity index (χ4n) is 2.91. The Balaban J connectivity index is 1.74. The summed E-state index contributed by atoms with van der Waals surface area (Å²) >= 11 is 6.03. The normalized spacial score (nSPS) is 12.0. The summed E-state index contributed by atoms with van der Waals surface area (Å²) in [6.45, 7) is 3.32. The Morgan fingerprint density at radius 3 is 2.33 bits per heavy atom. The molecule has 172 valence electrons. The average Bonchev–Trinajstić information content (AvgIpc) is 2.80. The first-order valence-corrected chi connectivity index (χ1v) is 11.8. The van der Waals surface area contributed by atoms with E-state index in [1.165, 1.54) is 38.2 Å². The highest BCUT2D eigenvalue weighted by Gasteiger charge is 2.24. The quantitative estimate of drug-likeness (QED) is 0.490. The van der Waals surface area contributed by atoms with Crippen LogP contribution in [-0.4, -0.2) is 33.4 Å². The number of carbonyl (C=O) groups is 2. The number of nitrogens with one attached hydrogen (secondary N) is 1. The fraction of sp³-hybridized carbons (Fsp3) is 0.167. The van der Waals surface area contributed by atoms with Gasteiger partial charge < -0.3 is 10.1 Å². The first-order chi connectivity index (χ1) is 15.6. The van der Waals surface area contributed by atoms with Crippen molar-refractivity contribution in [3.8, 4) is 0 Å². The van der Waals surface area contributed by atoms with E-state index in [1.54, 1.807) is 36.4 Å². The van der Waals surface area contributed by atoms with Gasteiger partial charge in [0.05, 0.1) is 26.9 Å². The Morgan fingerprint density at radius 2 is 1.67 bits per heavy atom. The van der Waals surface area contributed by atoms with Crippen LogP contribution in [0.15, 0.2) is 77.7 Å². The first-order valence-electron chi connectivity index (χ1n) is 10.0. The van der Waals surface area contributed by atoms with E-state index in [-0.39, 0.29) is 10.5 Å². The van der Waals surface area contributed by atoms with Crippen molar-refractivity contribution in [1.29, 1.82) is 0 Å². The zero-order valence-electron chi connectivity index (χ0n) is 18.3. The lowest BCUT2D eigenvalue weighted by molar-refractivity contribution is -0.123. The van der Waals surface area contributed by atoms with E-state index < -0.39 is 28.0 Å². The van der Waals surface area contributed by atoms with Crippen molar-refractivity contribution >= 4 is 44.9 Å². The van der Waals surface area contributed by atoms with Gasteiger partial charge in [-0.25, -0.2) is 13.2 Å². The van der Waals surface area contributed by atoms with E-state index in [1.807, 2.05) is 19.1 Å².